The Morgan fingerprint density at radius 1 is 1.25 bits per heavy atom. The predicted molar refractivity (Wildman–Crippen MR) is 68.1 cm³/mol. The molecule has 0 amide bonds. The van der Waals surface area contributed by atoms with E-state index >= 15 is 0 Å². The molecule has 0 spiro atoms. The molecule has 0 atom stereocenters. The van der Waals surface area contributed by atoms with Gasteiger partial charge in [-0.15, -0.1) is 0 Å². The first-order chi connectivity index (χ1) is 7.83. The molecule has 84 valence electrons. The lowest BCUT2D eigenvalue weighted by atomic mass is 10.2. The maximum absolute atomic E-state index is 8.47. The molecule has 16 heavy (non-hydrogen) atoms. The van der Waals surface area contributed by atoms with Gasteiger partial charge in [-0.2, -0.15) is 0 Å². The number of aliphatic hydroxyl groups excluding tert-OH is 1. The smallest absolute Gasteiger partial charge is 0.108 e. The van der Waals surface area contributed by atoms with E-state index in [1.807, 2.05) is 24.3 Å². The zero-order valence-electron chi connectivity index (χ0n) is 8.82. The molecular formula is C13H13BrO2. The third kappa shape index (κ3) is 5.72. The van der Waals surface area contributed by atoms with Crippen molar-refractivity contribution < 1.29 is 9.84 Å². The van der Waals surface area contributed by atoms with E-state index in [-0.39, 0.29) is 6.61 Å². The fourth-order valence-corrected chi connectivity index (χ4v) is 1.26. The van der Waals surface area contributed by atoms with Gasteiger partial charge in [-0.05, 0) is 24.3 Å². The number of halogens is 1. The summed E-state index contributed by atoms with van der Waals surface area (Å²) in [5.41, 5.74) is 0.970. The van der Waals surface area contributed by atoms with Gasteiger partial charge in [0.15, 0.2) is 0 Å². The minimum absolute atomic E-state index is 0.0495. The molecule has 0 heterocycles. The molecule has 0 aliphatic heterocycles. The molecule has 1 aromatic rings. The molecule has 0 fully saturated rings. The fraction of sp³-hybridized carbons (Fsp3) is 0.231. The minimum Gasteiger partial charge on any atom is -0.392 e. The zero-order chi connectivity index (χ0) is 11.6. The maximum atomic E-state index is 8.47. The zero-order valence-corrected chi connectivity index (χ0v) is 10.4. The number of hydrogen-bond acceptors (Lipinski definition) is 2. The Kier molecular flexibility index (Phi) is 6.59. The molecule has 0 aromatic heterocycles. The predicted octanol–water partition coefficient (Wildman–Crippen LogP) is 2.37. The molecular weight excluding hydrogens is 268 g/mol. The van der Waals surface area contributed by atoms with Crippen molar-refractivity contribution >= 4 is 15.9 Å². The van der Waals surface area contributed by atoms with Crippen molar-refractivity contribution in [2.75, 3.05) is 19.8 Å². The van der Waals surface area contributed by atoms with Crippen LogP contribution in [0.4, 0.5) is 0 Å². The SMILES string of the molecule is OC/C=C\COCC#Cc1ccc(Br)cc1. The van der Waals surface area contributed by atoms with Crippen LogP contribution in [-0.2, 0) is 4.74 Å². The van der Waals surface area contributed by atoms with E-state index in [2.05, 4.69) is 27.8 Å². The first-order valence-electron chi connectivity index (χ1n) is 4.91. The Morgan fingerprint density at radius 3 is 2.69 bits per heavy atom. The van der Waals surface area contributed by atoms with Gasteiger partial charge < -0.3 is 9.84 Å². The maximum Gasteiger partial charge on any atom is 0.108 e. The number of aliphatic hydroxyl groups is 1. The normalized spacial score (nSPS) is 10.1. The third-order valence-corrected chi connectivity index (χ3v) is 2.27. The second kappa shape index (κ2) is 8.12. The molecule has 0 aliphatic rings. The highest BCUT2D eigenvalue weighted by atomic mass is 79.9. The summed E-state index contributed by atoms with van der Waals surface area (Å²) in [6.07, 6.45) is 3.41. The van der Waals surface area contributed by atoms with Gasteiger partial charge in [-0.3, -0.25) is 0 Å². The molecule has 0 unspecified atom stereocenters. The van der Waals surface area contributed by atoms with E-state index < -0.39 is 0 Å². The summed E-state index contributed by atoms with van der Waals surface area (Å²) in [4.78, 5) is 0. The molecule has 0 radical (unpaired) electrons. The molecule has 1 rings (SSSR count). The van der Waals surface area contributed by atoms with Crippen molar-refractivity contribution in [1.82, 2.24) is 0 Å². The van der Waals surface area contributed by atoms with Gasteiger partial charge in [0.2, 0.25) is 0 Å². The van der Waals surface area contributed by atoms with Crippen molar-refractivity contribution in [2.24, 2.45) is 0 Å². The second-order valence-electron chi connectivity index (χ2n) is 2.98. The Hall–Kier alpha value is -1.08. The Labute approximate surface area is 104 Å². The van der Waals surface area contributed by atoms with Crippen LogP contribution in [0, 0.1) is 11.8 Å². The fourth-order valence-electron chi connectivity index (χ4n) is 0.992. The molecule has 1 aromatic carbocycles. The highest BCUT2D eigenvalue weighted by molar-refractivity contribution is 9.10. The van der Waals surface area contributed by atoms with Crippen molar-refractivity contribution in [1.29, 1.82) is 0 Å². The molecule has 0 bridgehead atoms. The van der Waals surface area contributed by atoms with Crippen LogP contribution in [0.1, 0.15) is 5.56 Å². The van der Waals surface area contributed by atoms with Gasteiger partial charge in [0.05, 0.1) is 13.2 Å². The summed E-state index contributed by atoms with van der Waals surface area (Å²) in [6.45, 7) is 0.926. The monoisotopic (exact) mass is 280 g/mol. The van der Waals surface area contributed by atoms with Crippen molar-refractivity contribution in [3.05, 3.63) is 46.5 Å². The minimum atomic E-state index is 0.0495. The van der Waals surface area contributed by atoms with Crippen LogP contribution >= 0.6 is 15.9 Å². The lowest BCUT2D eigenvalue weighted by Gasteiger charge is -1.92. The number of ether oxygens (including phenoxy) is 1. The highest BCUT2D eigenvalue weighted by Gasteiger charge is 1.86. The molecule has 3 heteroatoms. The van der Waals surface area contributed by atoms with Crippen LogP contribution in [0.25, 0.3) is 0 Å². The van der Waals surface area contributed by atoms with E-state index in [9.17, 15) is 0 Å². The third-order valence-electron chi connectivity index (χ3n) is 1.74. The van der Waals surface area contributed by atoms with Gasteiger partial charge in [0.25, 0.3) is 0 Å². The summed E-state index contributed by atoms with van der Waals surface area (Å²) >= 11 is 3.36. The topological polar surface area (TPSA) is 29.5 Å². The van der Waals surface area contributed by atoms with E-state index in [0.717, 1.165) is 10.0 Å². The largest absolute Gasteiger partial charge is 0.392 e. The van der Waals surface area contributed by atoms with Crippen molar-refractivity contribution in [2.45, 2.75) is 0 Å². The molecule has 1 N–H and O–H groups in total. The van der Waals surface area contributed by atoms with E-state index in [1.165, 1.54) is 0 Å². The van der Waals surface area contributed by atoms with E-state index in [1.54, 1.807) is 12.2 Å². The first-order valence-corrected chi connectivity index (χ1v) is 5.70. The van der Waals surface area contributed by atoms with Crippen LogP contribution in [0.3, 0.4) is 0 Å². The van der Waals surface area contributed by atoms with Crippen LogP contribution in [0.2, 0.25) is 0 Å². The Balaban J connectivity index is 2.27. The lowest BCUT2D eigenvalue weighted by molar-refractivity contribution is 0.198. The van der Waals surface area contributed by atoms with Gasteiger partial charge >= 0.3 is 0 Å². The summed E-state index contributed by atoms with van der Waals surface area (Å²) in [5, 5.41) is 8.47. The van der Waals surface area contributed by atoms with E-state index in [4.69, 9.17) is 9.84 Å². The first kappa shape index (κ1) is 13.0. The van der Waals surface area contributed by atoms with Crippen molar-refractivity contribution in [3.63, 3.8) is 0 Å². The molecule has 2 nitrogen and oxygen atoms in total. The van der Waals surface area contributed by atoms with Crippen LogP contribution in [0.15, 0.2) is 40.9 Å². The Bertz CT molecular complexity index is 385. The summed E-state index contributed by atoms with van der Waals surface area (Å²) in [6, 6.07) is 7.80. The molecule has 0 saturated carbocycles. The standard InChI is InChI=1S/C13H13BrO2/c14-13-7-5-12(6-8-13)4-3-11-16-10-2-1-9-15/h1-2,5-8,15H,9-11H2/b2-1-. The van der Waals surface area contributed by atoms with Crippen LogP contribution < -0.4 is 0 Å². The quantitative estimate of drug-likeness (QED) is 0.521. The average molecular weight is 281 g/mol. The van der Waals surface area contributed by atoms with Crippen LogP contribution in [0.5, 0.6) is 0 Å². The van der Waals surface area contributed by atoms with Crippen molar-refractivity contribution in [3.8, 4) is 11.8 Å². The summed E-state index contributed by atoms with van der Waals surface area (Å²) in [7, 11) is 0. The number of benzene rings is 1. The number of rotatable bonds is 4. The van der Waals surface area contributed by atoms with Gasteiger partial charge in [0.1, 0.15) is 6.61 Å². The van der Waals surface area contributed by atoms with Gasteiger partial charge in [-0.1, -0.05) is 39.9 Å². The van der Waals surface area contributed by atoms with Gasteiger partial charge in [0, 0.05) is 10.0 Å². The van der Waals surface area contributed by atoms with E-state index in [0.29, 0.717) is 13.2 Å². The average Bonchev–Trinajstić information content (AvgIpc) is 2.30. The molecule has 0 saturated heterocycles. The Morgan fingerprint density at radius 2 is 2.00 bits per heavy atom. The van der Waals surface area contributed by atoms with Crippen LogP contribution in [-0.4, -0.2) is 24.9 Å². The summed E-state index contributed by atoms with van der Waals surface area (Å²) in [5.74, 6) is 5.91. The van der Waals surface area contributed by atoms with Gasteiger partial charge in [-0.25, -0.2) is 0 Å². The lowest BCUT2D eigenvalue weighted by Crippen LogP contribution is -1.91. The molecule has 0 aliphatic carbocycles. The highest BCUT2D eigenvalue weighted by Crippen LogP contribution is 2.09. The number of hydrogen-bond donors (Lipinski definition) is 1. The second-order valence-corrected chi connectivity index (χ2v) is 3.89. The summed E-state index contributed by atoms with van der Waals surface area (Å²) < 4.78 is 6.25.